The molecule has 0 amide bonds. The van der Waals surface area contributed by atoms with Gasteiger partial charge < -0.3 is 10.6 Å². The predicted octanol–water partition coefficient (Wildman–Crippen LogP) is 3.73. The Morgan fingerprint density at radius 1 is 1.32 bits per heavy atom. The van der Waals surface area contributed by atoms with Crippen LogP contribution in [0.2, 0.25) is 0 Å². The van der Waals surface area contributed by atoms with Gasteiger partial charge in [0.05, 0.1) is 0 Å². The maximum Gasteiger partial charge on any atom is 0.405 e. The van der Waals surface area contributed by atoms with Gasteiger partial charge >= 0.3 is 6.18 Å². The van der Waals surface area contributed by atoms with Crippen LogP contribution in [0.1, 0.15) is 18.9 Å². The standard InChI is InChI=1S/C13H18BrF3N2/c1-2-7-19(9-13(15,16)17)12-8-11(14)4-3-10(12)5-6-18/h3-4,8H,2,5-7,9,18H2,1H3. The third-order valence-electron chi connectivity index (χ3n) is 2.67. The van der Waals surface area contributed by atoms with Crippen molar-refractivity contribution in [3.05, 3.63) is 28.2 Å². The van der Waals surface area contributed by atoms with E-state index in [1.54, 1.807) is 6.07 Å². The average Bonchev–Trinajstić information content (AvgIpc) is 2.29. The van der Waals surface area contributed by atoms with Gasteiger partial charge in [0.25, 0.3) is 0 Å². The molecule has 108 valence electrons. The number of rotatable bonds is 6. The highest BCUT2D eigenvalue weighted by molar-refractivity contribution is 9.10. The van der Waals surface area contributed by atoms with E-state index in [1.807, 2.05) is 19.1 Å². The largest absolute Gasteiger partial charge is 0.405 e. The van der Waals surface area contributed by atoms with E-state index in [9.17, 15) is 13.2 Å². The third-order valence-corrected chi connectivity index (χ3v) is 3.16. The number of hydrogen-bond donors (Lipinski definition) is 1. The van der Waals surface area contributed by atoms with Gasteiger partial charge in [0, 0.05) is 16.7 Å². The summed E-state index contributed by atoms with van der Waals surface area (Å²) in [5.41, 5.74) is 6.98. The van der Waals surface area contributed by atoms with E-state index in [-0.39, 0.29) is 0 Å². The van der Waals surface area contributed by atoms with Crippen molar-refractivity contribution in [1.29, 1.82) is 0 Å². The third kappa shape index (κ3) is 5.40. The number of nitrogens with two attached hydrogens (primary N) is 1. The molecule has 0 spiro atoms. The van der Waals surface area contributed by atoms with Crippen LogP contribution in [0.4, 0.5) is 18.9 Å². The smallest absolute Gasteiger partial charge is 0.362 e. The van der Waals surface area contributed by atoms with E-state index < -0.39 is 12.7 Å². The zero-order chi connectivity index (χ0) is 14.5. The van der Waals surface area contributed by atoms with Crippen LogP contribution >= 0.6 is 15.9 Å². The fourth-order valence-corrected chi connectivity index (χ4v) is 2.32. The van der Waals surface area contributed by atoms with Crippen molar-refractivity contribution in [2.24, 2.45) is 5.73 Å². The number of alkyl halides is 3. The van der Waals surface area contributed by atoms with Crippen LogP contribution in [-0.4, -0.2) is 25.8 Å². The van der Waals surface area contributed by atoms with Crippen LogP contribution in [0.5, 0.6) is 0 Å². The first kappa shape index (κ1) is 16.3. The Morgan fingerprint density at radius 2 is 2.00 bits per heavy atom. The zero-order valence-electron chi connectivity index (χ0n) is 10.8. The van der Waals surface area contributed by atoms with Gasteiger partial charge in [0.15, 0.2) is 0 Å². The van der Waals surface area contributed by atoms with Crippen molar-refractivity contribution < 1.29 is 13.2 Å². The first-order chi connectivity index (χ1) is 8.87. The summed E-state index contributed by atoms with van der Waals surface area (Å²) in [5, 5.41) is 0. The Balaban J connectivity index is 3.08. The molecule has 0 saturated heterocycles. The first-order valence-electron chi connectivity index (χ1n) is 6.17. The summed E-state index contributed by atoms with van der Waals surface area (Å²) >= 11 is 3.31. The molecule has 0 saturated carbocycles. The molecule has 0 bridgehead atoms. The fourth-order valence-electron chi connectivity index (χ4n) is 1.97. The molecule has 2 nitrogen and oxygen atoms in total. The van der Waals surface area contributed by atoms with Crippen molar-refractivity contribution in [3.63, 3.8) is 0 Å². The molecule has 0 fully saturated rings. The maximum absolute atomic E-state index is 12.7. The second kappa shape index (κ2) is 7.14. The van der Waals surface area contributed by atoms with E-state index in [4.69, 9.17) is 5.73 Å². The Bertz CT molecular complexity index is 407. The van der Waals surface area contributed by atoms with Crippen molar-refractivity contribution in [2.75, 3.05) is 24.5 Å². The van der Waals surface area contributed by atoms with Crippen molar-refractivity contribution in [2.45, 2.75) is 25.9 Å². The van der Waals surface area contributed by atoms with Crippen LogP contribution in [0.25, 0.3) is 0 Å². The predicted molar refractivity (Wildman–Crippen MR) is 75.5 cm³/mol. The van der Waals surface area contributed by atoms with Gasteiger partial charge in [-0.1, -0.05) is 28.9 Å². The second-order valence-corrected chi connectivity index (χ2v) is 5.26. The van der Waals surface area contributed by atoms with Gasteiger partial charge in [-0.2, -0.15) is 13.2 Å². The van der Waals surface area contributed by atoms with Crippen LogP contribution in [-0.2, 0) is 6.42 Å². The van der Waals surface area contributed by atoms with Gasteiger partial charge in [-0.05, 0) is 37.1 Å². The van der Waals surface area contributed by atoms with E-state index in [1.165, 1.54) is 4.90 Å². The van der Waals surface area contributed by atoms with E-state index >= 15 is 0 Å². The molecule has 1 aromatic carbocycles. The minimum absolute atomic E-state index is 0.369. The SMILES string of the molecule is CCCN(CC(F)(F)F)c1cc(Br)ccc1CCN. The molecule has 0 unspecified atom stereocenters. The Kier molecular flexibility index (Phi) is 6.13. The lowest BCUT2D eigenvalue weighted by Gasteiger charge is -2.28. The van der Waals surface area contributed by atoms with Gasteiger partial charge in [-0.15, -0.1) is 0 Å². The summed E-state index contributed by atoms with van der Waals surface area (Å²) in [5.74, 6) is 0. The summed E-state index contributed by atoms with van der Waals surface area (Å²) in [7, 11) is 0. The molecule has 0 aliphatic heterocycles. The van der Waals surface area contributed by atoms with Crippen LogP contribution in [0, 0.1) is 0 Å². The van der Waals surface area contributed by atoms with Gasteiger partial charge in [-0.3, -0.25) is 0 Å². The summed E-state index contributed by atoms with van der Waals surface area (Å²) in [6.07, 6.45) is -2.98. The zero-order valence-corrected chi connectivity index (χ0v) is 12.4. The van der Waals surface area contributed by atoms with Crippen LogP contribution in [0.3, 0.4) is 0 Å². The Labute approximate surface area is 119 Å². The van der Waals surface area contributed by atoms with Crippen molar-refractivity contribution in [3.8, 4) is 0 Å². The normalized spacial score (nSPS) is 11.7. The maximum atomic E-state index is 12.7. The van der Waals surface area contributed by atoms with Gasteiger partial charge in [0.1, 0.15) is 6.54 Å². The number of hydrogen-bond acceptors (Lipinski definition) is 2. The Morgan fingerprint density at radius 3 is 2.53 bits per heavy atom. The minimum Gasteiger partial charge on any atom is -0.362 e. The molecule has 6 heteroatoms. The second-order valence-electron chi connectivity index (χ2n) is 4.35. The molecule has 2 N–H and O–H groups in total. The van der Waals surface area contributed by atoms with Crippen molar-refractivity contribution in [1.82, 2.24) is 0 Å². The summed E-state index contributed by atoms with van der Waals surface area (Å²) in [6.45, 7) is 1.72. The summed E-state index contributed by atoms with van der Waals surface area (Å²) in [4.78, 5) is 1.37. The lowest BCUT2D eigenvalue weighted by molar-refractivity contribution is -0.119. The highest BCUT2D eigenvalue weighted by Gasteiger charge is 2.31. The monoisotopic (exact) mass is 338 g/mol. The van der Waals surface area contributed by atoms with Crippen LogP contribution in [0.15, 0.2) is 22.7 Å². The van der Waals surface area contributed by atoms with E-state index in [0.717, 1.165) is 10.0 Å². The van der Waals surface area contributed by atoms with Crippen molar-refractivity contribution >= 4 is 21.6 Å². The minimum atomic E-state index is -4.21. The topological polar surface area (TPSA) is 29.3 Å². The highest BCUT2D eigenvalue weighted by atomic mass is 79.9. The van der Waals surface area contributed by atoms with E-state index in [0.29, 0.717) is 31.6 Å². The quantitative estimate of drug-likeness (QED) is 0.856. The molecular weight excluding hydrogens is 321 g/mol. The number of anilines is 1. The van der Waals surface area contributed by atoms with Gasteiger partial charge in [0.2, 0.25) is 0 Å². The summed E-state index contributed by atoms with van der Waals surface area (Å²) in [6, 6.07) is 5.38. The average molecular weight is 339 g/mol. The number of halogens is 4. The highest BCUT2D eigenvalue weighted by Crippen LogP contribution is 2.28. The molecule has 1 rings (SSSR count). The molecule has 19 heavy (non-hydrogen) atoms. The molecule has 0 aliphatic carbocycles. The first-order valence-corrected chi connectivity index (χ1v) is 6.97. The molecule has 0 aromatic heterocycles. The lowest BCUT2D eigenvalue weighted by atomic mass is 10.1. The van der Waals surface area contributed by atoms with Crippen LogP contribution < -0.4 is 10.6 Å². The van der Waals surface area contributed by atoms with Gasteiger partial charge in [-0.25, -0.2) is 0 Å². The molecular formula is C13H18BrF3N2. The fraction of sp³-hybridized carbons (Fsp3) is 0.538. The lowest BCUT2D eigenvalue weighted by Crippen LogP contribution is -2.35. The molecule has 0 aliphatic rings. The van der Waals surface area contributed by atoms with E-state index in [2.05, 4.69) is 15.9 Å². The Hall–Kier alpha value is -0.750. The molecule has 0 radical (unpaired) electrons. The molecule has 0 atom stereocenters. The molecule has 0 heterocycles. The number of benzene rings is 1. The number of nitrogens with zero attached hydrogens (tertiary/aromatic N) is 1. The summed E-state index contributed by atoms with van der Waals surface area (Å²) < 4.78 is 38.7. The molecule has 1 aromatic rings.